The zero-order chi connectivity index (χ0) is 17.6. The molecule has 0 bridgehead atoms. The van der Waals surface area contributed by atoms with E-state index >= 15 is 0 Å². The molecule has 0 saturated carbocycles. The molecule has 0 atom stereocenters. The molecule has 0 saturated heterocycles. The highest BCUT2D eigenvalue weighted by atomic mass is 32.1. The number of amides is 1. The summed E-state index contributed by atoms with van der Waals surface area (Å²) in [5.41, 5.74) is 0.473. The molecular weight excluding hydrogens is 342 g/mol. The second kappa shape index (κ2) is 7.79. The normalized spacial score (nSPS) is 10.6. The van der Waals surface area contributed by atoms with E-state index in [1.807, 2.05) is 13.8 Å². The first-order valence-electron chi connectivity index (χ1n) is 7.81. The maximum absolute atomic E-state index is 12.3. The quantitative estimate of drug-likeness (QED) is 0.687. The summed E-state index contributed by atoms with van der Waals surface area (Å²) in [6.45, 7) is 4.82. The Morgan fingerprint density at radius 2 is 2.16 bits per heavy atom. The Labute approximate surface area is 148 Å². The minimum absolute atomic E-state index is 0.224. The Kier molecular flexibility index (Phi) is 5.29. The van der Waals surface area contributed by atoms with Crippen LogP contribution in [0.5, 0.6) is 5.75 Å². The molecule has 1 N–H and O–H groups in total. The zero-order valence-corrected chi connectivity index (χ0v) is 14.7. The number of aromatic nitrogens is 6. The van der Waals surface area contributed by atoms with Crippen molar-refractivity contribution in [1.82, 2.24) is 30.4 Å². The third kappa shape index (κ3) is 4.15. The number of nitrogens with zero attached hydrogens (tertiary/aromatic N) is 6. The van der Waals surface area contributed by atoms with Gasteiger partial charge in [0.1, 0.15) is 17.4 Å². The number of hydrogen-bond donors (Lipinski definition) is 1. The lowest BCUT2D eigenvalue weighted by Gasteiger charge is -2.07. The van der Waals surface area contributed by atoms with E-state index in [1.165, 1.54) is 11.3 Å². The lowest BCUT2D eigenvalue weighted by Crippen LogP contribution is -2.12. The molecule has 0 radical (unpaired) electrons. The van der Waals surface area contributed by atoms with Crippen LogP contribution < -0.4 is 10.1 Å². The second-order valence-electron chi connectivity index (χ2n) is 5.04. The number of benzene rings is 1. The van der Waals surface area contributed by atoms with Crippen molar-refractivity contribution in [3.05, 3.63) is 40.7 Å². The molecule has 3 rings (SSSR count). The van der Waals surface area contributed by atoms with Gasteiger partial charge in [0, 0.05) is 12.1 Å². The van der Waals surface area contributed by atoms with Gasteiger partial charge in [-0.1, -0.05) is 24.3 Å². The average Bonchev–Trinajstić information content (AvgIpc) is 3.28. The Hall–Kier alpha value is -2.88. The maximum atomic E-state index is 12.3. The summed E-state index contributed by atoms with van der Waals surface area (Å²) >= 11 is 1.36. The molecule has 0 fully saturated rings. The molecule has 0 unspecified atom stereocenters. The van der Waals surface area contributed by atoms with Crippen molar-refractivity contribution < 1.29 is 9.53 Å². The highest BCUT2D eigenvalue weighted by molar-refractivity contribution is 7.15. The van der Waals surface area contributed by atoms with Gasteiger partial charge in [-0.05, 0) is 42.0 Å². The first-order chi connectivity index (χ1) is 12.2. The number of tetrazole rings is 1. The van der Waals surface area contributed by atoms with Crippen molar-refractivity contribution in [1.29, 1.82) is 0 Å². The maximum Gasteiger partial charge on any atom is 0.257 e. The number of carbonyl (C=O) groups excluding carboxylic acids is 1. The van der Waals surface area contributed by atoms with Gasteiger partial charge in [-0.15, -0.1) is 15.3 Å². The summed E-state index contributed by atoms with van der Waals surface area (Å²) in [4.78, 5) is 12.3. The van der Waals surface area contributed by atoms with Crippen LogP contribution in [0, 0.1) is 0 Å². The number of ether oxygens (including phenoxy) is 1. The topological polar surface area (TPSA) is 108 Å². The van der Waals surface area contributed by atoms with Crippen LogP contribution in [0.4, 0.5) is 5.13 Å². The fraction of sp³-hybridized carbons (Fsp3) is 0.333. The van der Waals surface area contributed by atoms with Crippen LogP contribution in [-0.2, 0) is 19.6 Å². The summed E-state index contributed by atoms with van der Waals surface area (Å²) in [7, 11) is 0. The van der Waals surface area contributed by atoms with E-state index in [2.05, 4.69) is 31.0 Å². The summed E-state index contributed by atoms with van der Waals surface area (Å²) < 4.78 is 7.34. The predicted octanol–water partition coefficient (Wildman–Crippen LogP) is 1.94. The predicted molar refractivity (Wildman–Crippen MR) is 91.5 cm³/mol. The number of aryl methyl sites for hydroxylation is 2. The molecular formula is C15H17N7O2S. The standard InChI is InChI=1S/C15H17N7O2S/c1-3-13-18-19-15(25-13)16-14(23)10-6-5-7-11(8-10)24-9-12-17-20-21-22(12)4-2/h5-8H,3-4,9H2,1-2H3,(H,16,19,23). The van der Waals surface area contributed by atoms with Gasteiger partial charge in [-0.2, -0.15) is 0 Å². The van der Waals surface area contributed by atoms with Crippen molar-refractivity contribution in [3.8, 4) is 5.75 Å². The molecule has 1 amide bonds. The smallest absolute Gasteiger partial charge is 0.257 e. The van der Waals surface area contributed by atoms with E-state index in [0.29, 0.717) is 28.8 Å². The van der Waals surface area contributed by atoms with E-state index in [9.17, 15) is 4.79 Å². The first kappa shape index (κ1) is 17.0. The third-order valence-electron chi connectivity index (χ3n) is 3.36. The molecule has 1 aromatic carbocycles. The van der Waals surface area contributed by atoms with Crippen molar-refractivity contribution in [3.63, 3.8) is 0 Å². The van der Waals surface area contributed by atoms with Crippen LogP contribution in [-0.4, -0.2) is 36.3 Å². The summed E-state index contributed by atoms with van der Waals surface area (Å²) in [5, 5.41) is 23.4. The molecule has 0 aliphatic heterocycles. The first-order valence-corrected chi connectivity index (χ1v) is 8.63. The van der Waals surface area contributed by atoms with Crippen LogP contribution >= 0.6 is 11.3 Å². The number of hydrogen-bond acceptors (Lipinski definition) is 8. The fourth-order valence-corrected chi connectivity index (χ4v) is 2.74. The monoisotopic (exact) mass is 359 g/mol. The molecule has 9 nitrogen and oxygen atoms in total. The number of anilines is 1. The number of carbonyl (C=O) groups is 1. The summed E-state index contributed by atoms with van der Waals surface area (Å²) in [5.74, 6) is 0.922. The van der Waals surface area contributed by atoms with Gasteiger partial charge < -0.3 is 4.74 Å². The Morgan fingerprint density at radius 3 is 2.92 bits per heavy atom. The lowest BCUT2D eigenvalue weighted by molar-refractivity contribution is 0.102. The Balaban J connectivity index is 1.65. The minimum Gasteiger partial charge on any atom is -0.486 e. The van der Waals surface area contributed by atoms with E-state index in [4.69, 9.17) is 4.74 Å². The Morgan fingerprint density at radius 1 is 1.28 bits per heavy atom. The molecule has 2 heterocycles. The molecule has 0 spiro atoms. The number of nitrogens with one attached hydrogen (secondary N) is 1. The molecule has 10 heteroatoms. The van der Waals surface area contributed by atoms with Crippen LogP contribution in [0.1, 0.15) is 35.0 Å². The highest BCUT2D eigenvalue weighted by Crippen LogP contribution is 2.19. The molecule has 130 valence electrons. The van der Waals surface area contributed by atoms with Gasteiger partial charge in [-0.3, -0.25) is 10.1 Å². The molecule has 0 aliphatic rings. The van der Waals surface area contributed by atoms with Gasteiger partial charge in [0.25, 0.3) is 5.91 Å². The summed E-state index contributed by atoms with van der Waals surface area (Å²) in [6.07, 6.45) is 0.786. The zero-order valence-electron chi connectivity index (χ0n) is 13.8. The van der Waals surface area contributed by atoms with Gasteiger partial charge in [0.15, 0.2) is 5.82 Å². The SMILES string of the molecule is CCc1nnc(NC(=O)c2cccc(OCc3nnnn3CC)c2)s1. The van der Waals surface area contributed by atoms with E-state index in [1.54, 1.807) is 28.9 Å². The largest absolute Gasteiger partial charge is 0.486 e. The van der Waals surface area contributed by atoms with Gasteiger partial charge in [0.05, 0.1) is 0 Å². The van der Waals surface area contributed by atoms with Crippen LogP contribution in [0.2, 0.25) is 0 Å². The van der Waals surface area contributed by atoms with Crippen LogP contribution in [0.15, 0.2) is 24.3 Å². The molecule has 3 aromatic rings. The molecule has 25 heavy (non-hydrogen) atoms. The van der Waals surface area contributed by atoms with Crippen LogP contribution in [0.25, 0.3) is 0 Å². The van der Waals surface area contributed by atoms with E-state index in [0.717, 1.165) is 11.4 Å². The molecule has 2 aromatic heterocycles. The van der Waals surface area contributed by atoms with Crippen LogP contribution in [0.3, 0.4) is 0 Å². The lowest BCUT2D eigenvalue weighted by atomic mass is 10.2. The average molecular weight is 359 g/mol. The summed E-state index contributed by atoms with van der Waals surface area (Å²) in [6, 6.07) is 6.90. The minimum atomic E-state index is -0.261. The highest BCUT2D eigenvalue weighted by Gasteiger charge is 2.11. The van der Waals surface area contributed by atoms with Gasteiger partial charge in [0.2, 0.25) is 5.13 Å². The van der Waals surface area contributed by atoms with Crippen molar-refractivity contribution in [2.45, 2.75) is 33.4 Å². The van der Waals surface area contributed by atoms with E-state index in [-0.39, 0.29) is 12.5 Å². The molecule has 0 aliphatic carbocycles. The van der Waals surface area contributed by atoms with Crippen molar-refractivity contribution in [2.24, 2.45) is 0 Å². The fourth-order valence-electron chi connectivity index (χ4n) is 2.06. The number of rotatable bonds is 7. The third-order valence-corrected chi connectivity index (χ3v) is 4.34. The Bertz CT molecular complexity index is 861. The van der Waals surface area contributed by atoms with Crippen molar-refractivity contribution >= 4 is 22.4 Å². The van der Waals surface area contributed by atoms with E-state index < -0.39 is 0 Å². The second-order valence-corrected chi connectivity index (χ2v) is 6.10. The van der Waals surface area contributed by atoms with Crippen molar-refractivity contribution in [2.75, 3.05) is 5.32 Å². The van der Waals surface area contributed by atoms with Gasteiger partial charge in [-0.25, -0.2) is 4.68 Å². The van der Waals surface area contributed by atoms with Gasteiger partial charge >= 0.3 is 0 Å².